The van der Waals surface area contributed by atoms with E-state index in [1.807, 2.05) is 26.0 Å². The zero-order valence-electron chi connectivity index (χ0n) is 19.6. The lowest BCUT2D eigenvalue weighted by Gasteiger charge is -2.14. The van der Waals surface area contributed by atoms with Gasteiger partial charge in [-0.2, -0.15) is 5.26 Å². The first kappa shape index (κ1) is 23.6. The van der Waals surface area contributed by atoms with E-state index in [9.17, 15) is 19.2 Å². The number of nitrogens with one attached hydrogen (secondary N) is 2. The van der Waals surface area contributed by atoms with E-state index in [1.165, 1.54) is 17.0 Å². The summed E-state index contributed by atoms with van der Waals surface area (Å²) in [4.78, 5) is 29.6. The van der Waals surface area contributed by atoms with Crippen LogP contribution in [-0.2, 0) is 7.05 Å². The normalized spacial score (nSPS) is 11.6. The van der Waals surface area contributed by atoms with Gasteiger partial charge in [-0.3, -0.25) is 9.59 Å². The Hall–Kier alpha value is -4.51. The maximum Gasteiger partial charge on any atom is 0.260 e. The maximum atomic E-state index is 14.2. The number of fused-ring (bicyclic) bond motifs is 1. The zero-order valence-corrected chi connectivity index (χ0v) is 19.6. The molecule has 1 aromatic heterocycles. The summed E-state index contributed by atoms with van der Waals surface area (Å²) >= 11 is 0. The van der Waals surface area contributed by atoms with Crippen LogP contribution in [-0.4, -0.2) is 15.5 Å². The van der Waals surface area contributed by atoms with E-state index in [0.29, 0.717) is 34.3 Å². The number of nitrogens with zero attached hydrogens (tertiary/aromatic N) is 3. The first-order valence-corrected chi connectivity index (χ1v) is 11.1. The maximum absolute atomic E-state index is 14.2. The molecule has 2 N–H and O–H groups in total. The number of aryl methyl sites for hydroxylation is 2. The molecular weight excluding hydrogens is 445 g/mol. The molecule has 35 heavy (non-hydrogen) atoms. The predicted molar refractivity (Wildman–Crippen MR) is 134 cm³/mol. The van der Waals surface area contributed by atoms with Crippen molar-refractivity contribution in [2.45, 2.75) is 26.2 Å². The second kappa shape index (κ2) is 9.77. The Morgan fingerprint density at radius 3 is 2.66 bits per heavy atom. The predicted octanol–water partition coefficient (Wildman–Crippen LogP) is 5.39. The Labute approximate surface area is 201 Å². The highest BCUT2D eigenvalue weighted by molar-refractivity contribution is 6.04. The van der Waals surface area contributed by atoms with Crippen LogP contribution in [0.4, 0.5) is 21.5 Å². The molecule has 0 radical (unpaired) electrons. The molecule has 1 atom stereocenters. The van der Waals surface area contributed by atoms with Gasteiger partial charge in [0, 0.05) is 29.7 Å². The molecule has 1 amide bonds. The number of hydrogen-bond acceptors (Lipinski definition) is 5. The number of carbonyl (C=O) groups excluding carboxylic acids is 1. The van der Waals surface area contributed by atoms with E-state index >= 15 is 0 Å². The molecule has 0 aliphatic rings. The topological polar surface area (TPSA) is 99.8 Å². The molecule has 176 valence electrons. The van der Waals surface area contributed by atoms with Gasteiger partial charge >= 0.3 is 0 Å². The molecule has 7 nitrogen and oxygen atoms in total. The van der Waals surface area contributed by atoms with Crippen LogP contribution < -0.4 is 16.2 Å². The second-order valence-corrected chi connectivity index (χ2v) is 8.36. The minimum Gasteiger partial charge on any atom is -0.355 e. The third-order valence-corrected chi connectivity index (χ3v) is 5.84. The van der Waals surface area contributed by atoms with E-state index < -0.39 is 17.6 Å². The molecule has 4 rings (SSSR count). The number of rotatable bonds is 6. The second-order valence-electron chi connectivity index (χ2n) is 8.36. The van der Waals surface area contributed by atoms with Crippen LogP contribution >= 0.6 is 0 Å². The first-order valence-electron chi connectivity index (χ1n) is 11.1. The summed E-state index contributed by atoms with van der Waals surface area (Å²) in [6.07, 6.45) is 2.00. The average Bonchev–Trinajstić information content (AvgIpc) is 2.84. The number of hydrogen-bond donors (Lipinski definition) is 2. The van der Waals surface area contributed by atoms with Crippen molar-refractivity contribution >= 4 is 33.9 Å². The van der Waals surface area contributed by atoms with Gasteiger partial charge < -0.3 is 15.2 Å². The van der Waals surface area contributed by atoms with Crippen molar-refractivity contribution in [1.82, 2.24) is 9.55 Å². The molecule has 1 unspecified atom stereocenters. The fourth-order valence-corrected chi connectivity index (χ4v) is 3.83. The Kier molecular flexibility index (Phi) is 6.60. The van der Waals surface area contributed by atoms with Gasteiger partial charge in [-0.15, -0.1) is 0 Å². The van der Waals surface area contributed by atoms with Gasteiger partial charge in [0.15, 0.2) is 0 Å². The summed E-state index contributed by atoms with van der Waals surface area (Å²) < 4.78 is 15.6. The fraction of sp³-hybridized carbons (Fsp3) is 0.185. The summed E-state index contributed by atoms with van der Waals surface area (Å²) in [5.41, 5.74) is 3.95. The summed E-state index contributed by atoms with van der Waals surface area (Å²) in [5, 5.41) is 15.9. The monoisotopic (exact) mass is 469 g/mol. The number of carbonyl (C=O) groups is 1. The Morgan fingerprint density at radius 2 is 1.91 bits per heavy atom. The number of halogens is 1. The first-order chi connectivity index (χ1) is 16.8. The van der Waals surface area contributed by atoms with Crippen molar-refractivity contribution in [2.75, 3.05) is 10.6 Å². The Morgan fingerprint density at radius 1 is 1.14 bits per heavy atom. The fourth-order valence-electron chi connectivity index (χ4n) is 3.83. The van der Waals surface area contributed by atoms with Crippen LogP contribution in [0.5, 0.6) is 0 Å². The Bertz CT molecular complexity index is 1540. The lowest BCUT2D eigenvalue weighted by atomic mass is 9.96. The van der Waals surface area contributed by atoms with Crippen molar-refractivity contribution in [1.29, 1.82) is 5.26 Å². The quantitative estimate of drug-likeness (QED) is 0.394. The summed E-state index contributed by atoms with van der Waals surface area (Å²) in [5.74, 6) is -1.53. The van der Waals surface area contributed by atoms with Gasteiger partial charge in [0.05, 0.1) is 29.2 Å². The molecule has 0 aliphatic carbocycles. The highest BCUT2D eigenvalue weighted by atomic mass is 19.1. The van der Waals surface area contributed by atoms with Crippen molar-refractivity contribution in [3.8, 4) is 6.07 Å². The molecule has 0 fully saturated rings. The van der Waals surface area contributed by atoms with Crippen LogP contribution in [0.2, 0.25) is 0 Å². The zero-order chi connectivity index (χ0) is 25.1. The molecule has 0 spiro atoms. The van der Waals surface area contributed by atoms with E-state index in [2.05, 4.69) is 21.7 Å². The van der Waals surface area contributed by atoms with Gasteiger partial charge in [0.2, 0.25) is 0 Å². The molecular formula is C27H24FN5O2. The van der Waals surface area contributed by atoms with Gasteiger partial charge in [0.25, 0.3) is 11.5 Å². The molecule has 0 bridgehead atoms. The molecule has 0 aliphatic heterocycles. The van der Waals surface area contributed by atoms with Crippen LogP contribution in [0, 0.1) is 24.1 Å². The van der Waals surface area contributed by atoms with E-state index in [-0.39, 0.29) is 11.1 Å². The highest BCUT2D eigenvalue weighted by Gasteiger charge is 2.15. The Balaban J connectivity index is 1.59. The van der Waals surface area contributed by atoms with Crippen molar-refractivity contribution in [2.24, 2.45) is 7.05 Å². The lowest BCUT2D eigenvalue weighted by Crippen LogP contribution is -2.16. The van der Waals surface area contributed by atoms with Gasteiger partial charge in [-0.1, -0.05) is 13.0 Å². The number of amides is 1. The van der Waals surface area contributed by atoms with E-state index in [0.717, 1.165) is 17.3 Å². The SMILES string of the molecule is CCC(C#N)c1cc(F)cc(C(=O)Nc2ccc(C)c(Nc3ccc4ncn(C)c(=O)c4c3)c2)c1. The van der Waals surface area contributed by atoms with Crippen LogP contribution in [0.1, 0.15) is 40.7 Å². The molecule has 8 heteroatoms. The number of aromatic nitrogens is 2. The van der Waals surface area contributed by atoms with E-state index in [1.54, 1.807) is 37.4 Å². The third kappa shape index (κ3) is 5.04. The standard InChI is InChI=1S/C27H24FN5O2/c1-4-17(14-29)18-9-19(11-20(28)10-18)26(34)32-22-6-5-16(2)25(13-22)31-21-7-8-24-23(12-21)27(35)33(3)15-30-24/h5-13,15,17,31H,4H2,1-3H3,(H,32,34). The smallest absolute Gasteiger partial charge is 0.260 e. The largest absolute Gasteiger partial charge is 0.355 e. The summed E-state index contributed by atoms with van der Waals surface area (Å²) in [6, 6.07) is 16.8. The number of benzene rings is 3. The molecule has 4 aromatic rings. The van der Waals surface area contributed by atoms with E-state index in [4.69, 9.17) is 0 Å². The minimum absolute atomic E-state index is 0.140. The van der Waals surface area contributed by atoms with Gasteiger partial charge in [-0.05, 0) is 73.0 Å². The van der Waals surface area contributed by atoms with Gasteiger partial charge in [-0.25, -0.2) is 9.37 Å². The third-order valence-electron chi connectivity index (χ3n) is 5.84. The van der Waals surface area contributed by atoms with Crippen molar-refractivity contribution < 1.29 is 9.18 Å². The molecule has 0 saturated heterocycles. The molecule has 3 aromatic carbocycles. The summed E-state index contributed by atoms with van der Waals surface area (Å²) in [7, 11) is 1.65. The van der Waals surface area contributed by atoms with Crippen LogP contribution in [0.15, 0.2) is 65.7 Å². The summed E-state index contributed by atoms with van der Waals surface area (Å²) in [6.45, 7) is 3.75. The number of nitriles is 1. The number of anilines is 3. The van der Waals surface area contributed by atoms with Crippen molar-refractivity contribution in [3.05, 3.63) is 93.8 Å². The average molecular weight is 470 g/mol. The van der Waals surface area contributed by atoms with Crippen molar-refractivity contribution in [3.63, 3.8) is 0 Å². The van der Waals surface area contributed by atoms with Crippen LogP contribution in [0.25, 0.3) is 10.9 Å². The minimum atomic E-state index is -0.565. The van der Waals surface area contributed by atoms with Gasteiger partial charge in [0.1, 0.15) is 5.82 Å². The molecule has 1 heterocycles. The van der Waals surface area contributed by atoms with Crippen LogP contribution in [0.3, 0.4) is 0 Å². The molecule has 0 saturated carbocycles. The highest BCUT2D eigenvalue weighted by Crippen LogP contribution is 2.27. The lowest BCUT2D eigenvalue weighted by molar-refractivity contribution is 0.102.